The molecule has 1 amide bonds. The minimum Gasteiger partial charge on any atom is -0.371 e. The largest absolute Gasteiger partial charge is 0.371 e. The summed E-state index contributed by atoms with van der Waals surface area (Å²) in [6, 6.07) is 5.01. The van der Waals surface area contributed by atoms with Gasteiger partial charge in [-0.3, -0.25) is 10.1 Å². The molecule has 0 atom stereocenters. The van der Waals surface area contributed by atoms with Crippen molar-refractivity contribution in [1.29, 1.82) is 0 Å². The number of nitrogens with one attached hydrogen (secondary N) is 1. The Labute approximate surface area is 188 Å². The Balaban J connectivity index is 1.70. The van der Waals surface area contributed by atoms with Crippen LogP contribution in [0.1, 0.15) is 59.5 Å². The minimum atomic E-state index is -3.62. The number of rotatable bonds is 5. The number of piperidine rings is 2. The van der Waals surface area contributed by atoms with Gasteiger partial charge in [0.1, 0.15) is 0 Å². The highest BCUT2D eigenvalue weighted by atomic mass is 32.2. The fraction of sp³-hybridized carbons (Fsp3) is 0.545. The predicted octanol–water partition coefficient (Wildman–Crippen LogP) is 4.18. The highest BCUT2D eigenvalue weighted by molar-refractivity contribution is 7.89. The van der Waals surface area contributed by atoms with Crippen LogP contribution in [0.2, 0.25) is 0 Å². The molecule has 0 aliphatic carbocycles. The molecule has 1 aromatic carbocycles. The molecule has 1 aromatic heterocycles. The minimum absolute atomic E-state index is 0.187. The Morgan fingerprint density at radius 2 is 1.65 bits per heavy atom. The number of carbonyl (C=O) groups is 1. The highest BCUT2D eigenvalue weighted by Crippen LogP contribution is 2.30. The van der Waals surface area contributed by atoms with Crippen molar-refractivity contribution in [2.45, 2.75) is 57.3 Å². The van der Waals surface area contributed by atoms with Gasteiger partial charge in [0.15, 0.2) is 5.13 Å². The van der Waals surface area contributed by atoms with Crippen LogP contribution in [0.25, 0.3) is 0 Å². The average molecular weight is 463 g/mol. The number of aromatic nitrogens is 1. The van der Waals surface area contributed by atoms with Gasteiger partial charge in [-0.2, -0.15) is 4.31 Å². The average Bonchev–Trinajstić information content (AvgIpc) is 3.11. The number of aryl methyl sites for hydroxylation is 2. The second-order valence-electron chi connectivity index (χ2n) is 8.31. The van der Waals surface area contributed by atoms with Crippen LogP contribution >= 0.6 is 11.3 Å². The van der Waals surface area contributed by atoms with E-state index in [0.717, 1.165) is 61.5 Å². The van der Waals surface area contributed by atoms with Gasteiger partial charge >= 0.3 is 0 Å². The third-order valence-electron chi connectivity index (χ3n) is 6.11. The molecule has 2 aliphatic rings. The van der Waals surface area contributed by atoms with Gasteiger partial charge in [0.2, 0.25) is 10.0 Å². The van der Waals surface area contributed by atoms with Crippen molar-refractivity contribution in [3.8, 4) is 0 Å². The molecule has 9 heteroatoms. The summed E-state index contributed by atoms with van der Waals surface area (Å²) in [6.45, 7) is 6.69. The molecular formula is C22H30N4O3S2. The number of amides is 1. The van der Waals surface area contributed by atoms with E-state index in [1.54, 1.807) is 22.5 Å². The number of hydrogen-bond donors (Lipinski definition) is 1. The molecule has 4 rings (SSSR count). The molecule has 7 nitrogen and oxygen atoms in total. The first kappa shape index (κ1) is 22.2. The third kappa shape index (κ3) is 4.78. The van der Waals surface area contributed by atoms with Crippen molar-refractivity contribution in [2.75, 3.05) is 36.4 Å². The summed E-state index contributed by atoms with van der Waals surface area (Å²) in [4.78, 5) is 21.1. The van der Waals surface area contributed by atoms with Crippen LogP contribution in [-0.4, -0.2) is 49.8 Å². The Hall–Kier alpha value is -1.97. The van der Waals surface area contributed by atoms with E-state index < -0.39 is 10.0 Å². The predicted molar refractivity (Wildman–Crippen MR) is 125 cm³/mol. The maximum absolute atomic E-state index is 13.3. The normalized spacial score (nSPS) is 18.2. The first-order valence-electron chi connectivity index (χ1n) is 11.0. The summed E-state index contributed by atoms with van der Waals surface area (Å²) < 4.78 is 28.0. The Morgan fingerprint density at radius 1 is 1.00 bits per heavy atom. The molecule has 2 aliphatic heterocycles. The lowest BCUT2D eigenvalue weighted by Gasteiger charge is -2.31. The smallest absolute Gasteiger partial charge is 0.259 e. The van der Waals surface area contributed by atoms with Crippen LogP contribution in [0.4, 0.5) is 10.8 Å². The van der Waals surface area contributed by atoms with Gasteiger partial charge in [0.25, 0.3) is 5.91 Å². The van der Waals surface area contributed by atoms with Gasteiger partial charge in [-0.05, 0) is 64.2 Å². The molecule has 168 valence electrons. The summed E-state index contributed by atoms with van der Waals surface area (Å²) in [5.74, 6) is -0.315. The molecule has 0 unspecified atom stereocenters. The van der Waals surface area contributed by atoms with Crippen LogP contribution in [0.5, 0.6) is 0 Å². The molecule has 0 bridgehead atoms. The molecule has 2 fully saturated rings. The monoisotopic (exact) mass is 462 g/mol. The third-order valence-corrected chi connectivity index (χ3v) is 8.99. The summed E-state index contributed by atoms with van der Waals surface area (Å²) in [7, 11) is -3.62. The van der Waals surface area contributed by atoms with E-state index in [4.69, 9.17) is 0 Å². The van der Waals surface area contributed by atoms with Crippen molar-refractivity contribution in [3.63, 3.8) is 0 Å². The first-order chi connectivity index (χ1) is 14.9. The van der Waals surface area contributed by atoms with Crippen LogP contribution < -0.4 is 10.2 Å². The molecule has 0 radical (unpaired) electrons. The van der Waals surface area contributed by atoms with Crippen molar-refractivity contribution in [1.82, 2.24) is 9.29 Å². The van der Waals surface area contributed by atoms with E-state index in [-0.39, 0.29) is 10.8 Å². The SMILES string of the molecule is Cc1nc(NC(=O)c2cc(S(=O)(=O)N3CCCCC3)ccc2N2CCCCC2)sc1C. The summed E-state index contributed by atoms with van der Waals surface area (Å²) in [6.07, 6.45) is 6.12. The topological polar surface area (TPSA) is 82.6 Å². The molecule has 0 spiro atoms. The van der Waals surface area contributed by atoms with Crippen LogP contribution in [0, 0.1) is 13.8 Å². The fourth-order valence-electron chi connectivity index (χ4n) is 4.21. The zero-order valence-corrected chi connectivity index (χ0v) is 19.8. The molecule has 0 saturated carbocycles. The van der Waals surface area contributed by atoms with Crippen LogP contribution in [0.3, 0.4) is 0 Å². The molecule has 3 heterocycles. The van der Waals surface area contributed by atoms with E-state index in [0.29, 0.717) is 23.8 Å². The van der Waals surface area contributed by atoms with Gasteiger partial charge in [0, 0.05) is 36.7 Å². The summed E-state index contributed by atoms with van der Waals surface area (Å²) >= 11 is 1.43. The number of hydrogen-bond acceptors (Lipinski definition) is 6. The Kier molecular flexibility index (Phi) is 6.64. The molecule has 1 N–H and O–H groups in total. The lowest BCUT2D eigenvalue weighted by molar-refractivity contribution is 0.102. The van der Waals surface area contributed by atoms with Crippen molar-refractivity contribution in [2.24, 2.45) is 0 Å². The van der Waals surface area contributed by atoms with Gasteiger partial charge in [-0.25, -0.2) is 13.4 Å². The number of thiazole rings is 1. The molecule has 2 saturated heterocycles. The van der Waals surface area contributed by atoms with Crippen LogP contribution in [0.15, 0.2) is 23.1 Å². The number of nitrogens with zero attached hydrogens (tertiary/aromatic N) is 3. The van der Waals surface area contributed by atoms with E-state index in [1.807, 2.05) is 13.8 Å². The van der Waals surface area contributed by atoms with E-state index in [2.05, 4.69) is 15.2 Å². The van der Waals surface area contributed by atoms with Gasteiger partial charge < -0.3 is 4.90 Å². The quantitative estimate of drug-likeness (QED) is 0.721. The number of sulfonamides is 1. The first-order valence-corrected chi connectivity index (χ1v) is 13.3. The van der Waals surface area contributed by atoms with E-state index in [9.17, 15) is 13.2 Å². The Morgan fingerprint density at radius 3 is 2.26 bits per heavy atom. The van der Waals surface area contributed by atoms with E-state index in [1.165, 1.54) is 17.8 Å². The van der Waals surface area contributed by atoms with Gasteiger partial charge in [-0.15, -0.1) is 11.3 Å². The molecular weight excluding hydrogens is 432 g/mol. The summed E-state index contributed by atoms with van der Waals surface area (Å²) in [5.41, 5.74) is 2.07. The van der Waals surface area contributed by atoms with Gasteiger partial charge in [-0.1, -0.05) is 6.42 Å². The second-order valence-corrected chi connectivity index (χ2v) is 11.4. The van der Waals surface area contributed by atoms with E-state index >= 15 is 0 Å². The van der Waals surface area contributed by atoms with Crippen molar-refractivity contribution >= 4 is 38.1 Å². The zero-order valence-electron chi connectivity index (χ0n) is 18.2. The maximum Gasteiger partial charge on any atom is 0.259 e. The fourth-order valence-corrected chi connectivity index (χ4v) is 6.57. The number of anilines is 2. The van der Waals surface area contributed by atoms with Crippen LogP contribution in [-0.2, 0) is 10.0 Å². The summed E-state index contributed by atoms with van der Waals surface area (Å²) in [5, 5.41) is 3.43. The lowest BCUT2D eigenvalue weighted by Crippen LogP contribution is -2.36. The second kappa shape index (κ2) is 9.26. The Bertz CT molecular complexity index is 1030. The standard InChI is InChI=1S/C22H30N4O3S2/c1-16-17(2)30-22(23-16)24-21(27)19-15-18(31(28,29)26-13-7-4-8-14-26)9-10-20(19)25-11-5-3-6-12-25/h9-10,15H,3-8,11-14H2,1-2H3,(H,23,24,27). The van der Waals surface area contributed by atoms with Gasteiger partial charge in [0.05, 0.1) is 16.2 Å². The van der Waals surface area contributed by atoms with Crippen molar-refractivity contribution < 1.29 is 13.2 Å². The van der Waals surface area contributed by atoms with Crippen molar-refractivity contribution in [3.05, 3.63) is 34.3 Å². The lowest BCUT2D eigenvalue weighted by atomic mass is 10.1. The maximum atomic E-state index is 13.3. The highest BCUT2D eigenvalue weighted by Gasteiger charge is 2.28. The number of carbonyl (C=O) groups excluding carboxylic acids is 1. The molecule has 2 aromatic rings. The molecule has 31 heavy (non-hydrogen) atoms. The number of benzene rings is 1. The zero-order chi connectivity index (χ0) is 22.0.